The van der Waals surface area contributed by atoms with Gasteiger partial charge in [-0.25, -0.2) is 4.39 Å². The van der Waals surface area contributed by atoms with Crippen LogP contribution in [0.4, 0.5) is 15.8 Å². The van der Waals surface area contributed by atoms with Gasteiger partial charge in [-0.05, 0) is 73.2 Å². The van der Waals surface area contributed by atoms with Crippen LogP contribution in [0.25, 0.3) is 11.1 Å². The van der Waals surface area contributed by atoms with Gasteiger partial charge in [0.1, 0.15) is 5.82 Å². The number of carbonyl (C=O) groups excluding carboxylic acids is 3. The highest BCUT2D eigenvalue weighted by Gasteiger charge is 2.60. The lowest BCUT2D eigenvalue weighted by Crippen LogP contribution is -2.48. The van der Waals surface area contributed by atoms with Crippen LogP contribution in [0, 0.1) is 11.2 Å². The summed E-state index contributed by atoms with van der Waals surface area (Å²) < 4.78 is 15.4. The topological polar surface area (TPSA) is 87.3 Å². The highest BCUT2D eigenvalue weighted by molar-refractivity contribution is 6.32. The Labute approximate surface area is 242 Å². The number of rotatable bonds is 5. The van der Waals surface area contributed by atoms with Crippen molar-refractivity contribution in [2.45, 2.75) is 58.0 Å². The molecule has 0 bridgehead atoms. The summed E-state index contributed by atoms with van der Waals surface area (Å²) >= 11 is 12.6. The van der Waals surface area contributed by atoms with Crippen molar-refractivity contribution in [3.63, 3.8) is 0 Å². The van der Waals surface area contributed by atoms with Crippen LogP contribution in [0.2, 0.25) is 10.0 Å². The van der Waals surface area contributed by atoms with E-state index in [2.05, 4.69) is 36.7 Å². The molecule has 2 heterocycles. The van der Waals surface area contributed by atoms with Gasteiger partial charge >= 0.3 is 0 Å². The fourth-order valence-electron chi connectivity index (χ4n) is 5.92. The van der Waals surface area contributed by atoms with Gasteiger partial charge in [0.05, 0.1) is 16.5 Å². The average molecular weight is 583 g/mol. The highest BCUT2D eigenvalue weighted by Crippen LogP contribution is 2.54. The minimum Gasteiger partial charge on any atom is -0.325 e. The van der Waals surface area contributed by atoms with Crippen LogP contribution in [-0.2, 0) is 15.0 Å². The number of benzene rings is 3. The molecule has 0 saturated carbocycles. The molecule has 2 aliphatic heterocycles. The molecule has 0 radical (unpaired) electrons. The zero-order valence-electron chi connectivity index (χ0n) is 22.6. The monoisotopic (exact) mass is 581 g/mol. The van der Waals surface area contributed by atoms with Crippen molar-refractivity contribution in [1.82, 2.24) is 5.32 Å². The van der Waals surface area contributed by atoms with Crippen molar-refractivity contribution in [2.75, 3.05) is 10.6 Å². The largest absolute Gasteiger partial charge is 0.325 e. The number of halogens is 3. The van der Waals surface area contributed by atoms with E-state index in [1.165, 1.54) is 13.0 Å². The molecule has 3 aromatic rings. The Hall–Kier alpha value is -3.26. The molecule has 0 aliphatic carbocycles. The third-order valence-corrected chi connectivity index (χ3v) is 8.17. The predicted octanol–water partition coefficient (Wildman–Crippen LogP) is 7.00. The molecule has 1 saturated heterocycles. The maximum Gasteiger partial charge on any atom is 0.241 e. The Bertz CT molecular complexity index is 1530. The molecule has 2 amide bonds. The van der Waals surface area contributed by atoms with Crippen LogP contribution >= 0.6 is 23.2 Å². The van der Waals surface area contributed by atoms with Crippen LogP contribution in [0.1, 0.15) is 56.5 Å². The first kappa shape index (κ1) is 28.3. The average Bonchev–Trinajstić information content (AvgIpc) is 3.37. The number of Topliss-reactive ketones (excluding diaryl/α,β-unsaturated/α-hetero) is 1. The van der Waals surface area contributed by atoms with Gasteiger partial charge in [0.15, 0.2) is 5.78 Å². The zero-order valence-corrected chi connectivity index (χ0v) is 24.1. The van der Waals surface area contributed by atoms with Gasteiger partial charge in [0.2, 0.25) is 11.8 Å². The van der Waals surface area contributed by atoms with Gasteiger partial charge in [0, 0.05) is 39.1 Å². The molecule has 208 valence electrons. The molecule has 2 aliphatic rings. The summed E-state index contributed by atoms with van der Waals surface area (Å²) in [7, 11) is 0. The molecule has 0 aromatic heterocycles. The normalized spacial score (nSPS) is 21.8. The zero-order chi connectivity index (χ0) is 29.0. The van der Waals surface area contributed by atoms with E-state index in [1.807, 2.05) is 0 Å². The second kappa shape index (κ2) is 10.3. The van der Waals surface area contributed by atoms with Crippen molar-refractivity contribution in [1.29, 1.82) is 0 Å². The summed E-state index contributed by atoms with van der Waals surface area (Å²) in [6.45, 7) is 7.69. The number of anilines is 2. The van der Waals surface area contributed by atoms with Gasteiger partial charge in [-0.15, -0.1) is 0 Å². The Morgan fingerprint density at radius 2 is 1.77 bits per heavy atom. The first-order valence-electron chi connectivity index (χ1n) is 13.1. The van der Waals surface area contributed by atoms with Crippen molar-refractivity contribution in [3.8, 4) is 11.1 Å². The van der Waals surface area contributed by atoms with E-state index in [9.17, 15) is 14.4 Å². The van der Waals surface area contributed by atoms with E-state index >= 15 is 4.39 Å². The Morgan fingerprint density at radius 1 is 1.07 bits per heavy atom. The smallest absolute Gasteiger partial charge is 0.241 e. The van der Waals surface area contributed by atoms with Crippen molar-refractivity contribution >= 4 is 52.2 Å². The van der Waals surface area contributed by atoms with Crippen LogP contribution in [0.15, 0.2) is 54.6 Å². The summed E-state index contributed by atoms with van der Waals surface area (Å²) in [4.78, 5) is 39.1. The summed E-state index contributed by atoms with van der Waals surface area (Å²) in [5.74, 6) is -1.25. The maximum absolute atomic E-state index is 15.4. The van der Waals surface area contributed by atoms with Crippen LogP contribution in [0.3, 0.4) is 0 Å². The minimum absolute atomic E-state index is 0.0404. The second-order valence-corrected chi connectivity index (χ2v) is 12.6. The molecular formula is C31H30Cl2FN3O3. The summed E-state index contributed by atoms with van der Waals surface area (Å²) in [5.41, 5.74) is 1.50. The van der Waals surface area contributed by atoms with Crippen LogP contribution < -0.4 is 16.0 Å². The molecule has 1 unspecified atom stereocenters. The van der Waals surface area contributed by atoms with Crippen LogP contribution in [0.5, 0.6) is 0 Å². The van der Waals surface area contributed by atoms with E-state index < -0.39 is 23.3 Å². The van der Waals surface area contributed by atoms with E-state index in [4.69, 9.17) is 23.2 Å². The lowest BCUT2D eigenvalue weighted by Gasteiger charge is -2.34. The van der Waals surface area contributed by atoms with E-state index in [1.54, 1.807) is 48.5 Å². The number of hydrogen-bond donors (Lipinski definition) is 3. The summed E-state index contributed by atoms with van der Waals surface area (Å²) in [5, 5.41) is 9.62. The van der Waals surface area contributed by atoms with Gasteiger partial charge in [-0.2, -0.15) is 0 Å². The van der Waals surface area contributed by atoms with Crippen molar-refractivity contribution in [2.24, 2.45) is 5.41 Å². The Balaban J connectivity index is 1.59. The lowest BCUT2D eigenvalue weighted by atomic mass is 9.68. The number of amides is 2. The molecule has 1 fully saturated rings. The molecule has 1 spiro atoms. The molecule has 5 rings (SSSR count). The number of hydrogen-bond acceptors (Lipinski definition) is 4. The molecule has 3 atom stereocenters. The first-order chi connectivity index (χ1) is 18.8. The SMILES string of the molecule is CC(=O)c1ccc(NC(=O)[C@@H]2CC3(C(=O)Nc4cc(Cl)cc(-c5cccc(Cl)c5F)c43)[C@@H](CC(C)(C)C)N2)cc1. The molecule has 6 nitrogen and oxygen atoms in total. The van der Waals surface area contributed by atoms with Gasteiger partial charge in [0.25, 0.3) is 0 Å². The number of fused-ring (bicyclic) bond motifs is 2. The maximum atomic E-state index is 15.4. The fourth-order valence-corrected chi connectivity index (χ4v) is 6.32. The number of carbonyl (C=O) groups is 3. The van der Waals surface area contributed by atoms with E-state index in [0.29, 0.717) is 39.5 Å². The lowest BCUT2D eigenvalue weighted by molar-refractivity contribution is -0.121. The van der Waals surface area contributed by atoms with Crippen LogP contribution in [-0.4, -0.2) is 29.7 Å². The number of nitrogens with one attached hydrogen (secondary N) is 3. The van der Waals surface area contributed by atoms with E-state index in [-0.39, 0.29) is 40.0 Å². The van der Waals surface area contributed by atoms with Crippen molar-refractivity contribution < 1.29 is 18.8 Å². The third-order valence-electron chi connectivity index (χ3n) is 7.66. The van der Waals surface area contributed by atoms with Crippen molar-refractivity contribution in [3.05, 3.63) is 81.6 Å². The number of ketones is 1. The first-order valence-corrected chi connectivity index (χ1v) is 13.8. The molecule has 3 aromatic carbocycles. The predicted molar refractivity (Wildman–Crippen MR) is 157 cm³/mol. The highest BCUT2D eigenvalue weighted by atomic mass is 35.5. The second-order valence-electron chi connectivity index (χ2n) is 11.8. The standard InChI is InChI=1S/C31H30Cl2FN3O3/c1-16(38)17-8-10-19(11-9-17)35-28(39)24-14-31(25(36-24)15-30(2,3)4)26-21(20-6-5-7-22(33)27(20)34)12-18(32)13-23(26)37-29(31)40/h5-13,24-25,36H,14-15H2,1-4H3,(H,35,39)(H,37,40)/t24-,25+,31?/m0/s1. The Kier molecular flexibility index (Phi) is 7.27. The van der Waals surface area contributed by atoms with Gasteiger partial charge in [-0.3, -0.25) is 14.4 Å². The van der Waals surface area contributed by atoms with E-state index in [0.717, 1.165) is 0 Å². The molecule has 9 heteroatoms. The summed E-state index contributed by atoms with van der Waals surface area (Å²) in [6, 6.07) is 13.5. The molecular weight excluding hydrogens is 552 g/mol. The molecule has 40 heavy (non-hydrogen) atoms. The summed E-state index contributed by atoms with van der Waals surface area (Å²) in [6.07, 6.45) is 0.720. The minimum atomic E-state index is -1.17. The van der Waals surface area contributed by atoms with Gasteiger partial charge in [-0.1, -0.05) is 56.1 Å². The Morgan fingerprint density at radius 3 is 2.42 bits per heavy atom. The quantitative estimate of drug-likeness (QED) is 0.283. The fraction of sp³-hybridized carbons (Fsp3) is 0.323. The molecule has 3 N–H and O–H groups in total. The van der Waals surface area contributed by atoms with Gasteiger partial charge < -0.3 is 16.0 Å². The third kappa shape index (κ3) is 5.02.